The molecule has 0 saturated carbocycles. The summed E-state index contributed by atoms with van der Waals surface area (Å²) >= 11 is 0. The second-order valence-electron chi connectivity index (χ2n) is 4.97. The SMILES string of the molecule is C=C/C(=C\C=C/C)Oc1cnc(N2CC(C)(O)C2)nc1. The van der Waals surface area contributed by atoms with Crippen molar-refractivity contribution in [3.05, 3.63) is 49.0 Å². The molecule has 1 N–H and O–H groups in total. The van der Waals surface area contributed by atoms with Gasteiger partial charge in [0.2, 0.25) is 5.95 Å². The van der Waals surface area contributed by atoms with Gasteiger partial charge in [-0.3, -0.25) is 0 Å². The summed E-state index contributed by atoms with van der Waals surface area (Å²) in [5.41, 5.74) is -0.635. The maximum absolute atomic E-state index is 9.69. The summed E-state index contributed by atoms with van der Waals surface area (Å²) in [5, 5.41) is 9.69. The Labute approximate surface area is 118 Å². The molecule has 5 heteroatoms. The summed E-state index contributed by atoms with van der Waals surface area (Å²) in [7, 11) is 0. The number of aliphatic hydroxyl groups is 1. The highest BCUT2D eigenvalue weighted by molar-refractivity contribution is 5.38. The van der Waals surface area contributed by atoms with Gasteiger partial charge in [-0.2, -0.15) is 0 Å². The summed E-state index contributed by atoms with van der Waals surface area (Å²) in [4.78, 5) is 10.4. The number of β-amino-alcohol motifs (C(OH)–C–C–N with tert-alkyl or cyclic N) is 1. The molecule has 1 aromatic heterocycles. The second kappa shape index (κ2) is 5.88. The Morgan fingerprint density at radius 3 is 2.60 bits per heavy atom. The van der Waals surface area contributed by atoms with E-state index in [0.29, 0.717) is 30.5 Å². The fraction of sp³-hybridized carbons (Fsp3) is 0.333. The van der Waals surface area contributed by atoms with Gasteiger partial charge in [0.25, 0.3) is 0 Å². The van der Waals surface area contributed by atoms with Crippen LogP contribution in [0.15, 0.2) is 49.0 Å². The van der Waals surface area contributed by atoms with Crippen molar-refractivity contribution in [2.75, 3.05) is 18.0 Å². The molecule has 0 radical (unpaired) electrons. The van der Waals surface area contributed by atoms with Crippen LogP contribution in [-0.2, 0) is 0 Å². The lowest BCUT2D eigenvalue weighted by molar-refractivity contribution is 0.0300. The van der Waals surface area contributed by atoms with Crippen molar-refractivity contribution < 1.29 is 9.84 Å². The Kier molecular flexibility index (Phi) is 4.20. The fourth-order valence-electron chi connectivity index (χ4n) is 1.91. The van der Waals surface area contributed by atoms with Gasteiger partial charge in [-0.05, 0) is 26.0 Å². The van der Waals surface area contributed by atoms with Crippen LogP contribution in [-0.4, -0.2) is 33.8 Å². The van der Waals surface area contributed by atoms with E-state index in [0.717, 1.165) is 0 Å². The van der Waals surface area contributed by atoms with Gasteiger partial charge in [-0.25, -0.2) is 9.97 Å². The van der Waals surface area contributed by atoms with E-state index in [9.17, 15) is 5.11 Å². The van der Waals surface area contributed by atoms with E-state index >= 15 is 0 Å². The van der Waals surface area contributed by atoms with Gasteiger partial charge in [0.1, 0.15) is 5.76 Å². The van der Waals surface area contributed by atoms with Crippen molar-refractivity contribution >= 4 is 5.95 Å². The van der Waals surface area contributed by atoms with Crippen LogP contribution in [0.5, 0.6) is 5.75 Å². The van der Waals surface area contributed by atoms with Gasteiger partial charge in [0.15, 0.2) is 5.75 Å². The molecule has 2 heterocycles. The number of ether oxygens (including phenoxy) is 1. The molecule has 1 aliphatic heterocycles. The first-order chi connectivity index (χ1) is 9.54. The van der Waals surface area contributed by atoms with Crippen LogP contribution in [0.2, 0.25) is 0 Å². The zero-order chi connectivity index (χ0) is 14.6. The molecular weight excluding hydrogens is 254 g/mol. The molecule has 0 amide bonds. The van der Waals surface area contributed by atoms with Crippen molar-refractivity contribution in [3.63, 3.8) is 0 Å². The molecule has 106 valence electrons. The Balaban J connectivity index is 2.00. The highest BCUT2D eigenvalue weighted by atomic mass is 16.5. The van der Waals surface area contributed by atoms with Crippen LogP contribution in [0.4, 0.5) is 5.95 Å². The molecule has 20 heavy (non-hydrogen) atoms. The fourth-order valence-corrected chi connectivity index (χ4v) is 1.91. The summed E-state index contributed by atoms with van der Waals surface area (Å²) in [6.07, 6.45) is 10.4. The van der Waals surface area contributed by atoms with Gasteiger partial charge >= 0.3 is 0 Å². The molecule has 0 atom stereocenters. The standard InChI is InChI=1S/C15H19N3O2/c1-4-6-7-12(5-2)20-13-8-16-14(17-9-13)18-10-15(3,19)11-18/h4-9,19H,2,10-11H2,1,3H3/b6-4-,12-7+. The number of nitrogens with zero attached hydrogens (tertiary/aromatic N) is 3. The average molecular weight is 273 g/mol. The van der Waals surface area contributed by atoms with E-state index in [2.05, 4.69) is 16.5 Å². The molecule has 1 aliphatic rings. The summed E-state index contributed by atoms with van der Waals surface area (Å²) in [6.45, 7) is 8.51. The second-order valence-corrected chi connectivity index (χ2v) is 4.97. The monoisotopic (exact) mass is 273 g/mol. The number of hydrogen-bond donors (Lipinski definition) is 1. The average Bonchev–Trinajstić information content (AvgIpc) is 2.41. The molecule has 1 saturated heterocycles. The lowest BCUT2D eigenvalue weighted by atomic mass is 9.98. The topological polar surface area (TPSA) is 58.5 Å². The maximum atomic E-state index is 9.69. The van der Waals surface area contributed by atoms with E-state index in [4.69, 9.17) is 4.74 Å². The molecule has 2 rings (SSSR count). The van der Waals surface area contributed by atoms with Gasteiger partial charge < -0.3 is 14.7 Å². The van der Waals surface area contributed by atoms with Crippen LogP contribution in [0.3, 0.4) is 0 Å². The quantitative estimate of drug-likeness (QED) is 0.657. The van der Waals surface area contributed by atoms with E-state index < -0.39 is 5.60 Å². The van der Waals surface area contributed by atoms with Gasteiger partial charge in [-0.1, -0.05) is 18.7 Å². The largest absolute Gasteiger partial charge is 0.454 e. The zero-order valence-electron chi connectivity index (χ0n) is 11.8. The predicted molar refractivity (Wildman–Crippen MR) is 78.6 cm³/mol. The van der Waals surface area contributed by atoms with E-state index in [1.807, 2.05) is 30.1 Å². The van der Waals surface area contributed by atoms with Crippen LogP contribution < -0.4 is 9.64 Å². The van der Waals surface area contributed by atoms with Crippen molar-refractivity contribution in [2.24, 2.45) is 0 Å². The molecule has 0 unspecified atom stereocenters. The van der Waals surface area contributed by atoms with E-state index in [-0.39, 0.29) is 0 Å². The molecule has 5 nitrogen and oxygen atoms in total. The Morgan fingerprint density at radius 1 is 1.45 bits per heavy atom. The van der Waals surface area contributed by atoms with Crippen molar-refractivity contribution in [2.45, 2.75) is 19.4 Å². The molecule has 0 aliphatic carbocycles. The third-order valence-corrected chi connectivity index (χ3v) is 2.85. The van der Waals surface area contributed by atoms with Crippen molar-refractivity contribution in [1.29, 1.82) is 0 Å². The molecular formula is C15H19N3O2. The molecule has 0 aromatic carbocycles. The number of anilines is 1. The van der Waals surface area contributed by atoms with Gasteiger partial charge in [0.05, 0.1) is 31.1 Å². The minimum absolute atomic E-state index is 0.548. The highest BCUT2D eigenvalue weighted by Gasteiger charge is 2.37. The minimum atomic E-state index is -0.635. The molecule has 0 spiro atoms. The van der Waals surface area contributed by atoms with Crippen LogP contribution >= 0.6 is 0 Å². The lowest BCUT2D eigenvalue weighted by Crippen LogP contribution is -2.60. The van der Waals surface area contributed by atoms with Crippen molar-refractivity contribution in [3.8, 4) is 5.75 Å². The van der Waals surface area contributed by atoms with Crippen LogP contribution in [0.25, 0.3) is 0 Å². The zero-order valence-corrected chi connectivity index (χ0v) is 11.8. The van der Waals surface area contributed by atoms with Crippen LogP contribution in [0.1, 0.15) is 13.8 Å². The molecule has 0 bridgehead atoms. The van der Waals surface area contributed by atoms with Gasteiger partial charge in [-0.15, -0.1) is 0 Å². The maximum Gasteiger partial charge on any atom is 0.225 e. The predicted octanol–water partition coefficient (Wildman–Crippen LogP) is 2.07. The first-order valence-corrected chi connectivity index (χ1v) is 6.47. The molecule has 1 aromatic rings. The first kappa shape index (κ1) is 14.3. The van der Waals surface area contributed by atoms with Crippen LogP contribution in [0, 0.1) is 0 Å². The third kappa shape index (κ3) is 3.45. The Hall–Kier alpha value is -2.14. The van der Waals surface area contributed by atoms with Gasteiger partial charge in [0, 0.05) is 0 Å². The number of rotatable bonds is 5. The lowest BCUT2D eigenvalue weighted by Gasteiger charge is -2.44. The summed E-state index contributed by atoms with van der Waals surface area (Å²) in [6, 6.07) is 0. The number of allylic oxidation sites excluding steroid dienone is 4. The number of hydrogen-bond acceptors (Lipinski definition) is 5. The minimum Gasteiger partial charge on any atom is -0.454 e. The summed E-state index contributed by atoms with van der Waals surface area (Å²) < 4.78 is 5.59. The van der Waals surface area contributed by atoms with E-state index in [1.54, 1.807) is 25.4 Å². The normalized spacial score (nSPS) is 17.9. The highest BCUT2D eigenvalue weighted by Crippen LogP contribution is 2.24. The smallest absolute Gasteiger partial charge is 0.225 e. The Morgan fingerprint density at radius 2 is 2.10 bits per heavy atom. The number of aromatic nitrogens is 2. The first-order valence-electron chi connectivity index (χ1n) is 6.47. The summed E-state index contributed by atoms with van der Waals surface area (Å²) in [5.74, 6) is 1.78. The third-order valence-electron chi connectivity index (χ3n) is 2.85. The van der Waals surface area contributed by atoms with Crippen molar-refractivity contribution in [1.82, 2.24) is 9.97 Å². The Bertz CT molecular complexity index is 525. The molecule has 1 fully saturated rings. The van der Waals surface area contributed by atoms with E-state index in [1.165, 1.54) is 0 Å².